The SMILES string of the molecule is COc1ccccc1/C=C/CN[C@H]1CC[C@@H](Nc2nc3c(c(N(C)C)n2)CCCC3)CC1. The van der Waals surface area contributed by atoms with Crippen LogP contribution in [0.15, 0.2) is 30.3 Å². The molecule has 172 valence electrons. The molecule has 0 unspecified atom stereocenters. The summed E-state index contributed by atoms with van der Waals surface area (Å²) >= 11 is 0. The van der Waals surface area contributed by atoms with Gasteiger partial charge in [0.2, 0.25) is 5.95 Å². The number of fused-ring (bicyclic) bond motifs is 1. The van der Waals surface area contributed by atoms with Crippen LogP contribution in [0.5, 0.6) is 5.75 Å². The second kappa shape index (κ2) is 10.8. The van der Waals surface area contributed by atoms with Crippen molar-refractivity contribution in [1.29, 1.82) is 0 Å². The quantitative estimate of drug-likeness (QED) is 0.639. The van der Waals surface area contributed by atoms with Crippen LogP contribution < -0.4 is 20.3 Å². The molecule has 1 saturated carbocycles. The average Bonchev–Trinajstić information content (AvgIpc) is 2.82. The van der Waals surface area contributed by atoms with E-state index >= 15 is 0 Å². The minimum atomic E-state index is 0.453. The van der Waals surface area contributed by atoms with Gasteiger partial charge in [-0.05, 0) is 57.4 Å². The van der Waals surface area contributed by atoms with Crippen LogP contribution in [0.3, 0.4) is 0 Å². The fourth-order valence-corrected chi connectivity index (χ4v) is 4.86. The molecule has 1 aromatic carbocycles. The lowest BCUT2D eigenvalue weighted by molar-refractivity contribution is 0.363. The van der Waals surface area contributed by atoms with Crippen LogP contribution in [0, 0.1) is 0 Å². The number of aromatic nitrogens is 2. The van der Waals surface area contributed by atoms with Crippen LogP contribution in [-0.2, 0) is 12.8 Å². The lowest BCUT2D eigenvalue weighted by Gasteiger charge is -2.30. The average molecular weight is 436 g/mol. The molecule has 2 aliphatic rings. The summed E-state index contributed by atoms with van der Waals surface area (Å²) in [4.78, 5) is 11.9. The van der Waals surface area contributed by atoms with Crippen molar-refractivity contribution in [2.75, 3.05) is 38.0 Å². The second-order valence-corrected chi connectivity index (χ2v) is 9.14. The van der Waals surface area contributed by atoms with Gasteiger partial charge in [-0.15, -0.1) is 0 Å². The van der Waals surface area contributed by atoms with Crippen LogP contribution in [-0.4, -0.2) is 49.8 Å². The van der Waals surface area contributed by atoms with Gasteiger partial charge in [-0.1, -0.05) is 30.4 Å². The van der Waals surface area contributed by atoms with E-state index in [1.165, 1.54) is 36.9 Å². The van der Waals surface area contributed by atoms with Crippen LogP contribution in [0.2, 0.25) is 0 Å². The van der Waals surface area contributed by atoms with E-state index in [1.807, 2.05) is 18.2 Å². The summed E-state index contributed by atoms with van der Waals surface area (Å²) in [5.74, 6) is 2.82. The second-order valence-electron chi connectivity index (χ2n) is 9.14. The zero-order valence-electron chi connectivity index (χ0n) is 19.7. The number of para-hydroxylation sites is 1. The van der Waals surface area contributed by atoms with Crippen molar-refractivity contribution in [3.05, 3.63) is 47.2 Å². The van der Waals surface area contributed by atoms with Crippen LogP contribution in [0.1, 0.15) is 55.3 Å². The van der Waals surface area contributed by atoms with Crippen LogP contribution >= 0.6 is 0 Å². The summed E-state index contributed by atoms with van der Waals surface area (Å²) in [6.45, 7) is 0.876. The lowest BCUT2D eigenvalue weighted by atomic mass is 9.91. The van der Waals surface area contributed by atoms with E-state index in [9.17, 15) is 0 Å². The highest BCUT2D eigenvalue weighted by atomic mass is 16.5. The van der Waals surface area contributed by atoms with E-state index in [4.69, 9.17) is 14.7 Å². The van der Waals surface area contributed by atoms with Gasteiger partial charge in [-0.3, -0.25) is 0 Å². The fraction of sp³-hybridized carbons (Fsp3) is 0.538. The third kappa shape index (κ3) is 5.60. The molecule has 1 fully saturated rings. The molecule has 0 atom stereocenters. The Labute approximate surface area is 192 Å². The Kier molecular flexibility index (Phi) is 7.63. The smallest absolute Gasteiger partial charge is 0.225 e. The van der Waals surface area contributed by atoms with Crippen LogP contribution in [0.4, 0.5) is 11.8 Å². The molecular weight excluding hydrogens is 398 g/mol. The first kappa shape index (κ1) is 22.6. The first-order valence-electron chi connectivity index (χ1n) is 12.0. The molecule has 6 nitrogen and oxygen atoms in total. The number of rotatable bonds is 8. The van der Waals surface area contributed by atoms with E-state index in [-0.39, 0.29) is 0 Å². The molecule has 2 aromatic rings. The van der Waals surface area contributed by atoms with Crippen molar-refractivity contribution < 1.29 is 4.74 Å². The number of nitrogens with one attached hydrogen (secondary N) is 2. The monoisotopic (exact) mass is 435 g/mol. The molecule has 1 aromatic heterocycles. The molecule has 2 N–H and O–H groups in total. The minimum Gasteiger partial charge on any atom is -0.496 e. The van der Waals surface area contributed by atoms with Crippen molar-refractivity contribution >= 4 is 17.8 Å². The zero-order valence-corrected chi connectivity index (χ0v) is 19.7. The number of aryl methyl sites for hydroxylation is 1. The topological polar surface area (TPSA) is 62.3 Å². The number of hydrogen-bond donors (Lipinski definition) is 2. The summed E-state index contributed by atoms with van der Waals surface area (Å²) in [5, 5.41) is 7.33. The Hall–Kier alpha value is -2.60. The summed E-state index contributed by atoms with van der Waals surface area (Å²) in [6, 6.07) is 9.13. The number of hydrogen-bond acceptors (Lipinski definition) is 6. The van der Waals surface area contributed by atoms with Gasteiger partial charge in [-0.2, -0.15) is 4.98 Å². The highest BCUT2D eigenvalue weighted by Gasteiger charge is 2.23. The van der Waals surface area contributed by atoms with Gasteiger partial charge in [0.25, 0.3) is 0 Å². The third-order valence-electron chi connectivity index (χ3n) is 6.61. The molecule has 0 saturated heterocycles. The standard InChI is InChI=1S/C26H37N5O/c1-31(2)25-22-11-5-6-12-23(22)29-26(30-25)28-21-16-14-20(15-17-21)27-18-8-10-19-9-4-7-13-24(19)32-3/h4,7-10,13,20-21,27H,5-6,11-12,14-18H2,1-3H3,(H,28,29,30)/b10-8+/t20-,21+. The molecule has 4 rings (SSSR count). The summed E-state index contributed by atoms with van der Waals surface area (Å²) in [6.07, 6.45) is 13.6. The van der Waals surface area contributed by atoms with Gasteiger partial charge in [0.1, 0.15) is 11.6 Å². The number of ether oxygens (including phenoxy) is 1. The van der Waals surface area contributed by atoms with Gasteiger partial charge >= 0.3 is 0 Å². The Balaban J connectivity index is 1.26. The highest BCUT2D eigenvalue weighted by molar-refractivity contribution is 5.57. The first-order chi connectivity index (χ1) is 15.6. The predicted octanol–water partition coefficient (Wildman–Crippen LogP) is 4.46. The number of nitrogens with zero attached hydrogens (tertiary/aromatic N) is 3. The van der Waals surface area contributed by atoms with Gasteiger partial charge < -0.3 is 20.3 Å². The van der Waals surface area contributed by atoms with Crippen LogP contribution in [0.25, 0.3) is 6.08 Å². The highest BCUT2D eigenvalue weighted by Crippen LogP contribution is 2.29. The minimum absolute atomic E-state index is 0.453. The molecular formula is C26H37N5O. The number of benzene rings is 1. The Morgan fingerprint density at radius 1 is 1.03 bits per heavy atom. The molecule has 32 heavy (non-hydrogen) atoms. The molecule has 6 heteroatoms. The Morgan fingerprint density at radius 3 is 2.56 bits per heavy atom. The molecule has 0 radical (unpaired) electrons. The Bertz CT molecular complexity index is 918. The van der Waals surface area contributed by atoms with Crippen molar-refractivity contribution in [1.82, 2.24) is 15.3 Å². The Morgan fingerprint density at radius 2 is 1.78 bits per heavy atom. The first-order valence-corrected chi connectivity index (χ1v) is 12.0. The molecule has 0 spiro atoms. The maximum Gasteiger partial charge on any atom is 0.225 e. The molecule has 0 amide bonds. The molecule has 1 heterocycles. The number of anilines is 2. The maximum atomic E-state index is 5.41. The lowest BCUT2D eigenvalue weighted by Crippen LogP contribution is -2.37. The van der Waals surface area contributed by atoms with Gasteiger partial charge in [0.15, 0.2) is 0 Å². The van der Waals surface area contributed by atoms with E-state index < -0.39 is 0 Å². The fourth-order valence-electron chi connectivity index (χ4n) is 4.86. The summed E-state index contributed by atoms with van der Waals surface area (Å²) in [7, 11) is 5.88. The predicted molar refractivity (Wildman–Crippen MR) is 133 cm³/mol. The van der Waals surface area contributed by atoms with E-state index in [1.54, 1.807) is 7.11 Å². The van der Waals surface area contributed by atoms with Crippen molar-refractivity contribution in [3.63, 3.8) is 0 Å². The van der Waals surface area contributed by atoms with E-state index in [2.05, 4.69) is 47.8 Å². The summed E-state index contributed by atoms with van der Waals surface area (Å²) in [5.41, 5.74) is 3.71. The number of methoxy groups -OCH3 is 1. The van der Waals surface area contributed by atoms with E-state index in [0.717, 1.165) is 55.3 Å². The van der Waals surface area contributed by atoms with Gasteiger partial charge in [0, 0.05) is 43.9 Å². The third-order valence-corrected chi connectivity index (χ3v) is 6.61. The van der Waals surface area contributed by atoms with Crippen molar-refractivity contribution in [3.8, 4) is 5.75 Å². The molecule has 2 aliphatic carbocycles. The normalized spacial score (nSPS) is 20.7. The van der Waals surface area contributed by atoms with Gasteiger partial charge in [0.05, 0.1) is 12.8 Å². The largest absolute Gasteiger partial charge is 0.496 e. The van der Waals surface area contributed by atoms with E-state index in [0.29, 0.717) is 12.1 Å². The van der Waals surface area contributed by atoms with Gasteiger partial charge in [-0.25, -0.2) is 4.98 Å². The zero-order chi connectivity index (χ0) is 22.3. The molecule has 0 aliphatic heterocycles. The van der Waals surface area contributed by atoms with Crippen molar-refractivity contribution in [2.24, 2.45) is 0 Å². The summed E-state index contributed by atoms with van der Waals surface area (Å²) < 4.78 is 5.41. The molecule has 0 bridgehead atoms. The van der Waals surface area contributed by atoms with Crippen molar-refractivity contribution in [2.45, 2.75) is 63.5 Å². The maximum absolute atomic E-state index is 5.41.